The Morgan fingerprint density at radius 2 is 1.69 bits per heavy atom. The van der Waals surface area contributed by atoms with Crippen molar-refractivity contribution in [1.82, 2.24) is 10.2 Å². The van der Waals surface area contributed by atoms with Gasteiger partial charge in [0.2, 0.25) is 0 Å². The first-order valence-corrected chi connectivity index (χ1v) is 11.9. The molecule has 7 nitrogen and oxygen atoms in total. The highest BCUT2D eigenvalue weighted by molar-refractivity contribution is 7.80. The fourth-order valence-electron chi connectivity index (χ4n) is 3.72. The molecule has 1 aliphatic heterocycles. The summed E-state index contributed by atoms with van der Waals surface area (Å²) in [7, 11) is 0. The van der Waals surface area contributed by atoms with E-state index in [0.717, 1.165) is 12.0 Å². The lowest BCUT2D eigenvalue weighted by atomic mass is 10.1. The van der Waals surface area contributed by atoms with Gasteiger partial charge in [0.25, 0.3) is 11.8 Å². The zero-order valence-electron chi connectivity index (χ0n) is 19.2. The van der Waals surface area contributed by atoms with Crippen molar-refractivity contribution in [3.63, 3.8) is 0 Å². The topological polar surface area (TPSA) is 79.9 Å². The Labute approximate surface area is 210 Å². The molecule has 0 unspecified atom stereocenters. The standard InChI is InChI=1S/C27H27N3O4S/c31-25(23-11-4-5-12-24(23)34-16-13-20-7-2-1-3-8-20)29-27(35)28-22-10-6-9-21(19-22)26(32)30-14-17-33-18-15-30/h1-12,19H,13-18H2,(H2,28,29,31,35). The first kappa shape index (κ1) is 24.4. The summed E-state index contributed by atoms with van der Waals surface area (Å²) < 4.78 is 11.2. The average Bonchev–Trinajstić information content (AvgIpc) is 2.89. The molecule has 0 saturated carbocycles. The van der Waals surface area contributed by atoms with Crippen molar-refractivity contribution >= 4 is 34.8 Å². The van der Waals surface area contributed by atoms with Crippen molar-refractivity contribution in [2.45, 2.75) is 6.42 Å². The van der Waals surface area contributed by atoms with E-state index in [1.165, 1.54) is 0 Å². The second-order valence-electron chi connectivity index (χ2n) is 7.97. The lowest BCUT2D eigenvalue weighted by molar-refractivity contribution is 0.0303. The van der Waals surface area contributed by atoms with E-state index < -0.39 is 0 Å². The van der Waals surface area contributed by atoms with Crippen LogP contribution in [0.1, 0.15) is 26.3 Å². The zero-order chi connectivity index (χ0) is 24.5. The van der Waals surface area contributed by atoms with Crippen molar-refractivity contribution in [3.8, 4) is 5.75 Å². The maximum Gasteiger partial charge on any atom is 0.261 e. The van der Waals surface area contributed by atoms with Crippen LogP contribution in [0.2, 0.25) is 0 Å². The van der Waals surface area contributed by atoms with Gasteiger partial charge >= 0.3 is 0 Å². The van der Waals surface area contributed by atoms with E-state index in [0.29, 0.717) is 55.5 Å². The van der Waals surface area contributed by atoms with Gasteiger partial charge in [-0.05, 0) is 48.1 Å². The fraction of sp³-hybridized carbons (Fsp3) is 0.222. The molecular formula is C27H27N3O4S. The Balaban J connectivity index is 1.34. The van der Waals surface area contributed by atoms with E-state index in [9.17, 15) is 9.59 Å². The Bertz CT molecular complexity index is 1180. The molecule has 35 heavy (non-hydrogen) atoms. The number of hydrogen-bond donors (Lipinski definition) is 2. The van der Waals surface area contributed by atoms with E-state index in [-0.39, 0.29) is 16.9 Å². The van der Waals surface area contributed by atoms with Crippen LogP contribution in [0.3, 0.4) is 0 Å². The Morgan fingerprint density at radius 3 is 2.49 bits per heavy atom. The molecule has 180 valence electrons. The van der Waals surface area contributed by atoms with Crippen LogP contribution in [-0.4, -0.2) is 54.7 Å². The second kappa shape index (κ2) is 12.1. The molecule has 3 aromatic rings. The van der Waals surface area contributed by atoms with Crippen molar-refractivity contribution in [2.75, 3.05) is 38.2 Å². The van der Waals surface area contributed by atoms with E-state index in [2.05, 4.69) is 10.6 Å². The lowest BCUT2D eigenvalue weighted by Gasteiger charge is -2.27. The summed E-state index contributed by atoms with van der Waals surface area (Å²) in [5, 5.41) is 5.81. The summed E-state index contributed by atoms with van der Waals surface area (Å²) in [6.07, 6.45) is 0.732. The van der Waals surface area contributed by atoms with Gasteiger partial charge in [-0.1, -0.05) is 48.5 Å². The van der Waals surface area contributed by atoms with Gasteiger partial charge in [0, 0.05) is 30.8 Å². The van der Waals surface area contributed by atoms with Crippen LogP contribution in [0.4, 0.5) is 5.69 Å². The Hall–Kier alpha value is -3.75. The molecular weight excluding hydrogens is 462 g/mol. The van der Waals surface area contributed by atoms with Gasteiger partial charge in [0.1, 0.15) is 5.75 Å². The highest BCUT2D eigenvalue weighted by Gasteiger charge is 2.19. The van der Waals surface area contributed by atoms with Crippen LogP contribution < -0.4 is 15.4 Å². The molecule has 1 fully saturated rings. The number of amides is 2. The van der Waals surface area contributed by atoms with Gasteiger partial charge in [-0.25, -0.2) is 0 Å². The normalized spacial score (nSPS) is 13.1. The number of nitrogens with zero attached hydrogens (tertiary/aromatic N) is 1. The minimum atomic E-state index is -0.377. The minimum absolute atomic E-state index is 0.0616. The lowest BCUT2D eigenvalue weighted by Crippen LogP contribution is -2.40. The highest BCUT2D eigenvalue weighted by Crippen LogP contribution is 2.19. The molecule has 0 aromatic heterocycles. The number of nitrogens with one attached hydrogen (secondary N) is 2. The molecule has 1 heterocycles. The third-order valence-corrected chi connectivity index (χ3v) is 5.72. The van der Waals surface area contributed by atoms with E-state index in [4.69, 9.17) is 21.7 Å². The number of rotatable bonds is 7. The number of carbonyl (C=O) groups excluding carboxylic acids is 2. The molecule has 0 spiro atoms. The molecule has 8 heteroatoms. The van der Waals surface area contributed by atoms with Gasteiger partial charge in [0.15, 0.2) is 5.11 Å². The molecule has 1 aliphatic rings. The number of benzene rings is 3. The van der Waals surface area contributed by atoms with Crippen molar-refractivity contribution < 1.29 is 19.1 Å². The second-order valence-corrected chi connectivity index (χ2v) is 8.38. The van der Waals surface area contributed by atoms with E-state index >= 15 is 0 Å². The third-order valence-electron chi connectivity index (χ3n) is 5.52. The summed E-state index contributed by atoms with van der Waals surface area (Å²) in [6, 6.07) is 24.1. The number of carbonyl (C=O) groups is 2. The number of ether oxygens (including phenoxy) is 2. The van der Waals surface area contributed by atoms with Gasteiger partial charge in [0.05, 0.1) is 25.4 Å². The van der Waals surface area contributed by atoms with Crippen molar-refractivity contribution in [1.29, 1.82) is 0 Å². The molecule has 2 amide bonds. The minimum Gasteiger partial charge on any atom is -0.492 e. The number of thiocarbonyl (C=S) groups is 1. The highest BCUT2D eigenvalue weighted by atomic mass is 32.1. The van der Waals surface area contributed by atoms with E-state index in [1.54, 1.807) is 47.4 Å². The molecule has 0 radical (unpaired) electrons. The Kier molecular flexibility index (Phi) is 8.43. The summed E-state index contributed by atoms with van der Waals surface area (Å²) in [6.45, 7) is 2.66. The number of hydrogen-bond acceptors (Lipinski definition) is 5. The van der Waals surface area contributed by atoms with E-state index in [1.807, 2.05) is 36.4 Å². The first-order chi connectivity index (χ1) is 17.1. The SMILES string of the molecule is O=C(NC(=S)Nc1cccc(C(=O)N2CCOCC2)c1)c1ccccc1OCCc1ccccc1. The summed E-state index contributed by atoms with van der Waals surface area (Å²) in [5.41, 5.74) is 2.71. The van der Waals surface area contributed by atoms with Crippen LogP contribution in [0.5, 0.6) is 5.75 Å². The average molecular weight is 490 g/mol. The fourth-order valence-corrected chi connectivity index (χ4v) is 3.93. The maximum atomic E-state index is 12.9. The van der Waals surface area contributed by atoms with Gasteiger partial charge < -0.3 is 19.7 Å². The molecule has 0 atom stereocenters. The monoisotopic (exact) mass is 489 g/mol. The van der Waals surface area contributed by atoms with Gasteiger partial charge in [-0.3, -0.25) is 14.9 Å². The molecule has 4 rings (SSSR count). The molecule has 1 saturated heterocycles. The van der Waals surface area contributed by atoms with Crippen LogP contribution in [0.25, 0.3) is 0 Å². The smallest absolute Gasteiger partial charge is 0.261 e. The van der Waals surface area contributed by atoms with Crippen LogP contribution in [0, 0.1) is 0 Å². The molecule has 2 N–H and O–H groups in total. The van der Waals surface area contributed by atoms with Crippen LogP contribution >= 0.6 is 12.2 Å². The molecule has 3 aromatic carbocycles. The molecule has 0 aliphatic carbocycles. The van der Waals surface area contributed by atoms with Crippen LogP contribution in [-0.2, 0) is 11.2 Å². The molecule has 0 bridgehead atoms. The summed E-state index contributed by atoms with van der Waals surface area (Å²) >= 11 is 5.35. The predicted molar refractivity (Wildman–Crippen MR) is 139 cm³/mol. The Morgan fingerprint density at radius 1 is 0.943 bits per heavy atom. The van der Waals surface area contributed by atoms with Crippen LogP contribution in [0.15, 0.2) is 78.9 Å². The maximum absolute atomic E-state index is 12.9. The summed E-state index contributed by atoms with van der Waals surface area (Å²) in [4.78, 5) is 27.4. The van der Waals surface area contributed by atoms with Crippen molar-refractivity contribution in [3.05, 3.63) is 95.6 Å². The number of anilines is 1. The third kappa shape index (κ3) is 6.88. The number of para-hydroxylation sites is 1. The largest absolute Gasteiger partial charge is 0.492 e. The van der Waals surface area contributed by atoms with Crippen molar-refractivity contribution in [2.24, 2.45) is 0 Å². The zero-order valence-corrected chi connectivity index (χ0v) is 20.1. The predicted octanol–water partition coefficient (Wildman–Crippen LogP) is 3.91. The quantitative estimate of drug-likeness (QED) is 0.490. The van der Waals surface area contributed by atoms with Gasteiger partial charge in [-0.15, -0.1) is 0 Å². The number of morpholine rings is 1. The summed E-state index contributed by atoms with van der Waals surface area (Å²) in [5.74, 6) is 0.0497. The van der Waals surface area contributed by atoms with Gasteiger partial charge in [-0.2, -0.15) is 0 Å². The first-order valence-electron chi connectivity index (χ1n) is 11.5.